The number of benzene rings is 3. The van der Waals surface area contributed by atoms with Crippen LogP contribution in [0.3, 0.4) is 0 Å². The minimum absolute atomic E-state index is 0.0370. The van der Waals surface area contributed by atoms with E-state index in [2.05, 4.69) is 60.7 Å². The fourth-order valence-electron chi connectivity index (χ4n) is 8.80. The van der Waals surface area contributed by atoms with Crippen LogP contribution in [0.1, 0.15) is 49.0 Å². The van der Waals surface area contributed by atoms with E-state index in [0.29, 0.717) is 55.0 Å². The Kier molecular flexibility index (Phi) is 14.1. The number of hydrogen-bond donors (Lipinski definition) is 3. The largest absolute Gasteiger partial charge is 0.453 e. The molecule has 0 radical (unpaired) electrons. The topological polar surface area (TPSA) is 184 Å². The average Bonchev–Trinajstić information content (AvgIpc) is 3.77. The first-order valence-electron chi connectivity index (χ1n) is 21.9. The van der Waals surface area contributed by atoms with Crippen LogP contribution in [0.2, 0.25) is 5.02 Å². The molecule has 3 aromatic carbocycles. The van der Waals surface area contributed by atoms with Gasteiger partial charge in [-0.2, -0.15) is 0 Å². The van der Waals surface area contributed by atoms with Crippen molar-refractivity contribution in [1.29, 1.82) is 0 Å². The Labute approximate surface area is 384 Å². The second kappa shape index (κ2) is 19.9. The zero-order chi connectivity index (χ0) is 45.7. The van der Waals surface area contributed by atoms with Gasteiger partial charge in [-0.25, -0.2) is 18.1 Å². The number of pyridine rings is 1. The minimum Gasteiger partial charge on any atom is -0.453 e. The Hall–Kier alpha value is -5.56. The lowest BCUT2D eigenvalue weighted by Crippen LogP contribution is -2.47. The SMILES string of the molecule is COCCN1CCOC(CNc2ccc(S(=O)(=O)NC(=O)c3cccc(N4CCN(CC5=C(c6ccc(Cl)cc6)CC(C)(C)CC5)CC4)c3Oc3cnc4[nH]ccc4c3)cc2[N+](=O)[O-])C1. The molecule has 65 heavy (non-hydrogen) atoms. The summed E-state index contributed by atoms with van der Waals surface area (Å²) >= 11 is 6.26. The number of aromatic amines is 1. The van der Waals surface area contributed by atoms with E-state index in [4.69, 9.17) is 25.8 Å². The Morgan fingerprint density at radius 3 is 2.62 bits per heavy atom. The number of H-pyrrole nitrogens is 1. The Morgan fingerprint density at radius 1 is 1.05 bits per heavy atom. The van der Waals surface area contributed by atoms with Crippen LogP contribution in [0.15, 0.2) is 95.7 Å². The van der Waals surface area contributed by atoms with Crippen molar-refractivity contribution in [3.8, 4) is 11.5 Å². The van der Waals surface area contributed by atoms with Crippen LogP contribution >= 0.6 is 11.6 Å². The molecule has 2 saturated heterocycles. The highest BCUT2D eigenvalue weighted by Crippen LogP contribution is 2.44. The van der Waals surface area contributed by atoms with E-state index in [9.17, 15) is 23.3 Å². The third kappa shape index (κ3) is 11.1. The number of amides is 1. The van der Waals surface area contributed by atoms with Crippen molar-refractivity contribution in [1.82, 2.24) is 24.5 Å². The molecule has 8 rings (SSSR count). The number of morpholine rings is 1. The third-order valence-electron chi connectivity index (χ3n) is 12.4. The van der Waals surface area contributed by atoms with E-state index in [1.54, 1.807) is 25.4 Å². The zero-order valence-electron chi connectivity index (χ0n) is 36.8. The summed E-state index contributed by atoms with van der Waals surface area (Å²) in [6, 6.07) is 20.3. The van der Waals surface area contributed by atoms with Crippen LogP contribution < -0.4 is 19.7 Å². The first-order valence-corrected chi connectivity index (χ1v) is 23.7. The van der Waals surface area contributed by atoms with Gasteiger partial charge in [-0.05, 0) is 84.3 Å². The molecule has 0 saturated carbocycles. The van der Waals surface area contributed by atoms with Gasteiger partial charge in [-0.1, -0.05) is 49.2 Å². The molecule has 5 aromatic rings. The quantitative estimate of drug-likeness (QED) is 0.0651. The number of methoxy groups -OCH3 is 1. The van der Waals surface area contributed by atoms with Gasteiger partial charge in [0.2, 0.25) is 0 Å². The smallest absolute Gasteiger partial charge is 0.293 e. The maximum Gasteiger partial charge on any atom is 0.293 e. The maximum atomic E-state index is 14.2. The first-order chi connectivity index (χ1) is 31.2. The fourth-order valence-corrected chi connectivity index (χ4v) is 9.91. The summed E-state index contributed by atoms with van der Waals surface area (Å²) in [5.74, 6) is -0.457. The van der Waals surface area contributed by atoms with Crippen LogP contribution in [-0.4, -0.2) is 124 Å². The molecule has 0 spiro atoms. The number of hydrogen-bond acceptors (Lipinski definition) is 13. The van der Waals surface area contributed by atoms with Gasteiger partial charge < -0.3 is 29.4 Å². The summed E-state index contributed by atoms with van der Waals surface area (Å²) in [5.41, 5.74) is 5.12. The summed E-state index contributed by atoms with van der Waals surface area (Å²) in [6.07, 6.45) is 6.17. The average molecular weight is 928 g/mol. The molecule has 1 unspecified atom stereocenters. The number of carbonyl (C=O) groups excluding carboxylic acids is 1. The number of nitro benzene ring substituents is 1. The number of nitrogens with one attached hydrogen (secondary N) is 3. The number of ether oxygens (including phenoxy) is 3. The lowest BCUT2D eigenvalue weighted by molar-refractivity contribution is -0.384. The van der Waals surface area contributed by atoms with Gasteiger partial charge in [0.25, 0.3) is 21.6 Å². The van der Waals surface area contributed by atoms with Crippen molar-refractivity contribution < 1.29 is 32.3 Å². The van der Waals surface area contributed by atoms with E-state index < -0.39 is 31.4 Å². The molecule has 2 aliphatic heterocycles. The van der Waals surface area contributed by atoms with Crippen LogP contribution in [0.25, 0.3) is 16.6 Å². The molecule has 16 nitrogen and oxygen atoms in total. The number of para-hydroxylation sites is 1. The van der Waals surface area contributed by atoms with Crippen molar-refractivity contribution in [2.45, 2.75) is 44.1 Å². The van der Waals surface area contributed by atoms with E-state index in [0.717, 1.165) is 63.4 Å². The molecule has 1 aliphatic carbocycles. The molecule has 18 heteroatoms. The molecule has 3 N–H and O–H groups in total. The Bertz CT molecular complexity index is 2670. The number of nitro groups is 1. The molecular weight excluding hydrogens is 872 g/mol. The van der Waals surface area contributed by atoms with Crippen LogP contribution in [0.4, 0.5) is 17.1 Å². The predicted molar refractivity (Wildman–Crippen MR) is 252 cm³/mol. The summed E-state index contributed by atoms with van der Waals surface area (Å²) in [6.45, 7) is 11.6. The summed E-state index contributed by atoms with van der Waals surface area (Å²) < 4.78 is 47.5. The van der Waals surface area contributed by atoms with Gasteiger partial charge >= 0.3 is 0 Å². The number of halogens is 1. The lowest BCUT2D eigenvalue weighted by atomic mass is 9.72. The Morgan fingerprint density at radius 2 is 1.85 bits per heavy atom. The normalized spacial score (nSPS) is 18.5. The molecule has 344 valence electrons. The molecule has 2 fully saturated rings. The molecule has 1 amide bonds. The number of carbonyl (C=O) groups is 1. The van der Waals surface area contributed by atoms with Crippen LogP contribution in [-0.2, 0) is 19.5 Å². The van der Waals surface area contributed by atoms with Gasteiger partial charge in [-0.15, -0.1) is 0 Å². The highest BCUT2D eigenvalue weighted by atomic mass is 35.5. The second-order valence-electron chi connectivity index (χ2n) is 17.6. The van der Waals surface area contributed by atoms with Gasteiger partial charge in [0.15, 0.2) is 5.75 Å². The standard InChI is InChI=1S/C47H55ClN8O8S/c1-47(2)15-13-34(40(27-47)32-7-9-35(48)10-8-32)30-53-17-19-55(20-18-53)42-6-4-5-39(44(42)64-36-25-33-14-16-49-45(33)51-28-36)46(57)52-65(60,61)38-11-12-41(43(26-38)56(58)59)50-29-37-31-54(21-23-62-3)22-24-63-37/h4-12,14,16,25-26,28,37,50H,13,15,17-24,27,29-31H2,1-3H3,(H,49,51)(H,52,57). The number of rotatable bonds is 16. The lowest BCUT2D eigenvalue weighted by Gasteiger charge is -2.39. The van der Waals surface area contributed by atoms with Crippen molar-refractivity contribution in [2.75, 3.05) is 89.4 Å². The van der Waals surface area contributed by atoms with E-state index in [1.807, 2.05) is 24.3 Å². The monoisotopic (exact) mass is 926 g/mol. The molecule has 0 bridgehead atoms. The van der Waals surface area contributed by atoms with Gasteiger partial charge in [0, 0.05) is 88.7 Å². The van der Waals surface area contributed by atoms with E-state index in [-0.39, 0.29) is 35.1 Å². The van der Waals surface area contributed by atoms with E-state index in [1.165, 1.54) is 41.1 Å². The molecule has 4 heterocycles. The Balaban J connectivity index is 1.01. The van der Waals surface area contributed by atoms with E-state index >= 15 is 0 Å². The van der Waals surface area contributed by atoms with Crippen LogP contribution in [0.5, 0.6) is 11.5 Å². The first kappa shape index (κ1) is 46.0. The predicted octanol–water partition coefficient (Wildman–Crippen LogP) is 7.58. The summed E-state index contributed by atoms with van der Waals surface area (Å²) in [4.78, 5) is 39.6. The van der Waals surface area contributed by atoms with Gasteiger partial charge in [0.05, 0.1) is 46.6 Å². The molecule has 2 aromatic heterocycles. The van der Waals surface area contributed by atoms with Crippen LogP contribution in [0, 0.1) is 15.5 Å². The molecule has 1 atom stereocenters. The summed E-state index contributed by atoms with van der Waals surface area (Å²) in [5, 5.41) is 16.8. The second-order valence-corrected chi connectivity index (χ2v) is 19.7. The van der Waals surface area contributed by atoms with Crippen molar-refractivity contribution in [3.05, 3.63) is 117 Å². The fraction of sp³-hybridized carbons (Fsp3) is 0.404. The van der Waals surface area contributed by atoms with Crippen molar-refractivity contribution >= 4 is 61.2 Å². The van der Waals surface area contributed by atoms with Crippen molar-refractivity contribution in [2.24, 2.45) is 5.41 Å². The highest BCUT2D eigenvalue weighted by molar-refractivity contribution is 7.90. The third-order valence-corrected chi connectivity index (χ3v) is 14.0. The number of allylic oxidation sites excluding steroid dienone is 1. The van der Waals surface area contributed by atoms with Crippen molar-refractivity contribution in [3.63, 3.8) is 0 Å². The maximum absolute atomic E-state index is 14.2. The number of anilines is 2. The van der Waals surface area contributed by atoms with Gasteiger partial charge in [0.1, 0.15) is 17.1 Å². The molecular formula is C47H55ClN8O8S. The highest BCUT2D eigenvalue weighted by Gasteiger charge is 2.32. The zero-order valence-corrected chi connectivity index (χ0v) is 38.4. The number of aromatic nitrogens is 2. The number of piperazine rings is 1. The number of nitrogens with zero attached hydrogens (tertiary/aromatic N) is 5. The van der Waals surface area contributed by atoms with Gasteiger partial charge in [-0.3, -0.25) is 24.7 Å². The summed E-state index contributed by atoms with van der Waals surface area (Å²) in [7, 11) is -2.97. The number of fused-ring (bicyclic) bond motifs is 1. The molecule has 3 aliphatic rings. The minimum atomic E-state index is -4.61. The number of sulfonamides is 1.